The Morgan fingerprint density at radius 3 is 2.26 bits per heavy atom. The van der Waals surface area contributed by atoms with E-state index in [1.54, 1.807) is 0 Å². The number of aliphatic hydroxyl groups is 1. The van der Waals surface area contributed by atoms with E-state index in [0.29, 0.717) is 12.5 Å². The molecule has 0 aromatic heterocycles. The molecule has 5 heteroatoms. The number of hydrogen-bond donors (Lipinski definition) is 2. The van der Waals surface area contributed by atoms with E-state index < -0.39 is 5.60 Å². The van der Waals surface area contributed by atoms with E-state index in [0.717, 1.165) is 25.9 Å². The third-order valence-corrected chi connectivity index (χ3v) is 3.53. The van der Waals surface area contributed by atoms with Crippen LogP contribution < -0.4 is 5.32 Å². The van der Waals surface area contributed by atoms with Crippen molar-refractivity contribution in [2.75, 3.05) is 19.6 Å². The summed E-state index contributed by atoms with van der Waals surface area (Å²) in [6.45, 7) is 8.89. The topological polar surface area (TPSA) is 69.6 Å². The van der Waals surface area contributed by atoms with E-state index in [2.05, 4.69) is 5.32 Å². The van der Waals surface area contributed by atoms with E-state index in [-0.39, 0.29) is 17.7 Å². The maximum absolute atomic E-state index is 11.8. The minimum absolute atomic E-state index is 0.0476. The van der Waals surface area contributed by atoms with Gasteiger partial charge < -0.3 is 15.3 Å². The second-order valence-electron chi connectivity index (χ2n) is 6.19. The first-order valence-electron chi connectivity index (χ1n) is 7.01. The Hall–Kier alpha value is -1.10. The highest BCUT2D eigenvalue weighted by atomic mass is 16.3. The van der Waals surface area contributed by atoms with Crippen LogP contribution in [0.2, 0.25) is 0 Å². The van der Waals surface area contributed by atoms with Crippen LogP contribution in [0.1, 0.15) is 40.5 Å². The van der Waals surface area contributed by atoms with Crippen molar-refractivity contribution in [3.8, 4) is 0 Å². The van der Waals surface area contributed by atoms with Gasteiger partial charge in [-0.25, -0.2) is 0 Å². The number of likely N-dealkylation sites (tertiary alicyclic amines) is 1. The molecule has 1 rings (SSSR count). The van der Waals surface area contributed by atoms with Crippen LogP contribution in [0.15, 0.2) is 0 Å². The van der Waals surface area contributed by atoms with Crippen molar-refractivity contribution in [2.24, 2.45) is 11.8 Å². The average Bonchev–Trinajstić information content (AvgIpc) is 2.34. The van der Waals surface area contributed by atoms with Gasteiger partial charge in [-0.15, -0.1) is 0 Å². The van der Waals surface area contributed by atoms with Crippen molar-refractivity contribution in [3.05, 3.63) is 0 Å². The highest BCUT2D eigenvalue weighted by molar-refractivity contribution is 5.83. The zero-order valence-corrected chi connectivity index (χ0v) is 12.4. The molecule has 1 aliphatic heterocycles. The van der Waals surface area contributed by atoms with Gasteiger partial charge in [0.05, 0.1) is 0 Å². The first-order chi connectivity index (χ1) is 8.71. The van der Waals surface area contributed by atoms with Crippen LogP contribution in [-0.2, 0) is 9.59 Å². The number of rotatable bonds is 4. The number of piperidine rings is 1. The molecule has 0 saturated carbocycles. The molecule has 110 valence electrons. The molecular weight excluding hydrogens is 244 g/mol. The van der Waals surface area contributed by atoms with Gasteiger partial charge in [-0.05, 0) is 32.6 Å². The number of carbonyl (C=O) groups is 2. The van der Waals surface area contributed by atoms with Crippen LogP contribution in [0, 0.1) is 11.8 Å². The molecule has 0 spiro atoms. The lowest BCUT2D eigenvalue weighted by atomic mass is 9.95. The second kappa shape index (κ2) is 6.37. The molecule has 0 unspecified atom stereocenters. The summed E-state index contributed by atoms with van der Waals surface area (Å²) in [7, 11) is 0. The van der Waals surface area contributed by atoms with Gasteiger partial charge in [0.1, 0.15) is 5.60 Å². The zero-order chi connectivity index (χ0) is 14.6. The molecule has 5 nitrogen and oxygen atoms in total. The number of carbonyl (C=O) groups excluding carboxylic acids is 2. The second-order valence-corrected chi connectivity index (χ2v) is 6.19. The summed E-state index contributed by atoms with van der Waals surface area (Å²) >= 11 is 0. The predicted octanol–water partition coefficient (Wildman–Crippen LogP) is 0.768. The molecule has 0 aromatic carbocycles. The van der Waals surface area contributed by atoms with Crippen molar-refractivity contribution in [2.45, 2.75) is 46.1 Å². The largest absolute Gasteiger partial charge is 0.381 e. The Kier molecular flexibility index (Phi) is 5.35. The maximum atomic E-state index is 11.8. The fraction of sp³-hybridized carbons (Fsp3) is 0.857. The summed E-state index contributed by atoms with van der Waals surface area (Å²) in [6, 6.07) is 0. The van der Waals surface area contributed by atoms with E-state index in [4.69, 9.17) is 0 Å². The quantitative estimate of drug-likeness (QED) is 0.792. The predicted molar refractivity (Wildman–Crippen MR) is 73.4 cm³/mol. The Morgan fingerprint density at radius 1 is 1.32 bits per heavy atom. The number of hydrogen-bond acceptors (Lipinski definition) is 3. The number of nitrogens with zero attached hydrogens (tertiary/aromatic N) is 1. The summed E-state index contributed by atoms with van der Waals surface area (Å²) in [5.74, 6) is 0.307. The van der Waals surface area contributed by atoms with Crippen molar-refractivity contribution in [1.82, 2.24) is 10.2 Å². The molecule has 1 aliphatic rings. The number of nitrogens with one attached hydrogen (secondary N) is 1. The molecular formula is C14H26N2O3. The molecule has 1 fully saturated rings. The molecule has 0 aliphatic carbocycles. The van der Waals surface area contributed by atoms with Crippen molar-refractivity contribution in [3.63, 3.8) is 0 Å². The molecule has 0 radical (unpaired) electrons. The van der Waals surface area contributed by atoms with Crippen LogP contribution in [0.25, 0.3) is 0 Å². The van der Waals surface area contributed by atoms with Gasteiger partial charge in [-0.3, -0.25) is 9.59 Å². The zero-order valence-electron chi connectivity index (χ0n) is 12.4. The summed E-state index contributed by atoms with van der Waals surface area (Å²) in [6.07, 6.45) is 1.81. The SMILES string of the molecule is CC(C)C(=O)N1CCC(CNC(=O)C(C)(C)O)CC1. The van der Waals surface area contributed by atoms with Crippen molar-refractivity contribution >= 4 is 11.8 Å². The molecule has 2 N–H and O–H groups in total. The third kappa shape index (κ3) is 4.82. The van der Waals surface area contributed by atoms with Crippen LogP contribution >= 0.6 is 0 Å². The summed E-state index contributed by atoms with van der Waals surface area (Å²) in [5.41, 5.74) is -1.33. The van der Waals surface area contributed by atoms with Crippen molar-refractivity contribution in [1.29, 1.82) is 0 Å². The number of amides is 2. The van der Waals surface area contributed by atoms with E-state index >= 15 is 0 Å². The summed E-state index contributed by atoms with van der Waals surface area (Å²) < 4.78 is 0. The Morgan fingerprint density at radius 2 is 1.84 bits per heavy atom. The molecule has 1 heterocycles. The minimum Gasteiger partial charge on any atom is -0.381 e. The van der Waals surface area contributed by atoms with Crippen LogP contribution in [0.4, 0.5) is 0 Å². The van der Waals surface area contributed by atoms with Gasteiger partial charge in [-0.1, -0.05) is 13.8 Å². The maximum Gasteiger partial charge on any atom is 0.251 e. The average molecular weight is 270 g/mol. The standard InChI is InChI=1S/C14H26N2O3/c1-10(2)12(17)16-7-5-11(6-8-16)9-15-13(18)14(3,4)19/h10-11,19H,5-9H2,1-4H3,(H,15,18). The minimum atomic E-state index is -1.33. The van der Waals surface area contributed by atoms with Crippen LogP contribution in [-0.4, -0.2) is 47.1 Å². The van der Waals surface area contributed by atoms with E-state index in [1.165, 1.54) is 13.8 Å². The normalized spacial score (nSPS) is 17.7. The lowest BCUT2D eigenvalue weighted by Gasteiger charge is -2.33. The lowest BCUT2D eigenvalue weighted by Crippen LogP contribution is -2.46. The molecule has 0 bridgehead atoms. The van der Waals surface area contributed by atoms with Gasteiger partial charge in [0.2, 0.25) is 5.91 Å². The highest BCUT2D eigenvalue weighted by Gasteiger charge is 2.27. The van der Waals surface area contributed by atoms with Gasteiger partial charge in [0, 0.05) is 25.6 Å². The fourth-order valence-corrected chi connectivity index (χ4v) is 2.18. The molecule has 0 atom stereocenters. The van der Waals surface area contributed by atoms with Gasteiger partial charge >= 0.3 is 0 Å². The van der Waals surface area contributed by atoms with Gasteiger partial charge in [0.25, 0.3) is 5.91 Å². The summed E-state index contributed by atoms with van der Waals surface area (Å²) in [4.78, 5) is 25.3. The first-order valence-corrected chi connectivity index (χ1v) is 7.01. The van der Waals surface area contributed by atoms with Crippen molar-refractivity contribution < 1.29 is 14.7 Å². The molecule has 2 amide bonds. The Balaban J connectivity index is 2.31. The first kappa shape index (κ1) is 16.0. The van der Waals surface area contributed by atoms with Crippen LogP contribution in [0.3, 0.4) is 0 Å². The third-order valence-electron chi connectivity index (χ3n) is 3.53. The smallest absolute Gasteiger partial charge is 0.251 e. The molecule has 1 saturated heterocycles. The highest BCUT2D eigenvalue weighted by Crippen LogP contribution is 2.18. The Bertz CT molecular complexity index is 326. The van der Waals surface area contributed by atoms with Gasteiger partial charge in [-0.2, -0.15) is 0 Å². The summed E-state index contributed by atoms with van der Waals surface area (Å²) in [5, 5.41) is 12.3. The Labute approximate surface area is 115 Å². The lowest BCUT2D eigenvalue weighted by molar-refractivity contribution is -0.138. The fourth-order valence-electron chi connectivity index (χ4n) is 2.18. The van der Waals surface area contributed by atoms with E-state index in [9.17, 15) is 14.7 Å². The monoisotopic (exact) mass is 270 g/mol. The van der Waals surface area contributed by atoms with Crippen LogP contribution in [0.5, 0.6) is 0 Å². The van der Waals surface area contributed by atoms with Gasteiger partial charge in [0.15, 0.2) is 0 Å². The molecule has 0 aromatic rings. The van der Waals surface area contributed by atoms with E-state index in [1.807, 2.05) is 18.7 Å². The molecule has 19 heavy (non-hydrogen) atoms.